The van der Waals surface area contributed by atoms with E-state index in [-0.39, 0.29) is 49.6 Å². The number of ether oxygens (including phenoxy) is 6. The van der Waals surface area contributed by atoms with Gasteiger partial charge >= 0.3 is 12.1 Å². The maximum Gasteiger partial charge on any atom is 0.410 e. The van der Waals surface area contributed by atoms with Crippen LogP contribution in [0.5, 0.6) is 17.5 Å². The van der Waals surface area contributed by atoms with Gasteiger partial charge in [-0.05, 0) is 99.4 Å². The molecule has 2 atom stereocenters. The molecular weight excluding hydrogens is 716 g/mol. The van der Waals surface area contributed by atoms with Crippen LogP contribution in [0.1, 0.15) is 81.0 Å². The molecule has 3 aliphatic heterocycles. The van der Waals surface area contributed by atoms with Crippen LogP contribution in [0.2, 0.25) is 0 Å². The molecule has 0 N–H and O–H groups in total. The normalized spacial score (nSPS) is 19.7. The summed E-state index contributed by atoms with van der Waals surface area (Å²) in [4.78, 5) is 27.7. The second kappa shape index (κ2) is 15.4. The van der Waals surface area contributed by atoms with Gasteiger partial charge < -0.3 is 38.2 Å². The highest BCUT2D eigenvalue weighted by Gasteiger charge is 2.48. The quantitative estimate of drug-likeness (QED) is 0.111. The van der Waals surface area contributed by atoms with Crippen molar-refractivity contribution in [2.75, 3.05) is 45.1 Å². The molecule has 1 amide bonds. The van der Waals surface area contributed by atoms with Gasteiger partial charge in [0.05, 0.1) is 25.3 Å². The number of carbonyl (C=O) groups excluding carboxylic acids is 1. The summed E-state index contributed by atoms with van der Waals surface area (Å²) in [7, 11) is 1.53. The minimum Gasteiger partial charge on any atom is -0.486 e. The first-order valence-electron chi connectivity index (χ1n) is 19.5. The zero-order valence-electron chi connectivity index (χ0n) is 32.7. The number of amides is 1. The summed E-state index contributed by atoms with van der Waals surface area (Å²) >= 11 is 0. The number of hydrogen-bond acceptors (Lipinski definition) is 10. The van der Waals surface area contributed by atoms with Gasteiger partial charge in [-0.25, -0.2) is 9.18 Å². The Morgan fingerprint density at radius 2 is 1.79 bits per heavy atom. The molecule has 1 saturated carbocycles. The molecule has 3 saturated heterocycles. The summed E-state index contributed by atoms with van der Waals surface area (Å²) in [6.07, 6.45) is 9.41. The van der Waals surface area contributed by atoms with Gasteiger partial charge in [-0.15, -0.1) is 6.42 Å². The summed E-state index contributed by atoms with van der Waals surface area (Å²) in [5.74, 6) is 4.08. The molecule has 1 aliphatic carbocycles. The van der Waals surface area contributed by atoms with Crippen molar-refractivity contribution in [1.29, 1.82) is 0 Å². The van der Waals surface area contributed by atoms with Crippen LogP contribution in [-0.2, 0) is 20.8 Å². The molecule has 4 fully saturated rings. The van der Waals surface area contributed by atoms with E-state index in [2.05, 4.69) is 16.9 Å². The van der Waals surface area contributed by atoms with E-state index in [1.54, 1.807) is 6.92 Å². The van der Waals surface area contributed by atoms with Gasteiger partial charge in [0, 0.05) is 55.6 Å². The third-order valence-electron chi connectivity index (χ3n) is 11.0. The van der Waals surface area contributed by atoms with Crippen LogP contribution in [-0.4, -0.2) is 85.0 Å². The van der Waals surface area contributed by atoms with Gasteiger partial charge in [0.1, 0.15) is 41.2 Å². The first kappa shape index (κ1) is 37.8. The molecule has 4 aromatic rings. The van der Waals surface area contributed by atoms with Crippen molar-refractivity contribution in [3.05, 3.63) is 70.5 Å². The first-order chi connectivity index (χ1) is 27.0. The van der Waals surface area contributed by atoms with Crippen molar-refractivity contribution in [2.45, 2.75) is 96.1 Å². The number of nitrogens with zero attached hydrogens (tertiary/aromatic N) is 4. The monoisotopic (exact) mass is 764 g/mol. The molecule has 294 valence electrons. The summed E-state index contributed by atoms with van der Waals surface area (Å²) in [6, 6.07) is 13.3. The molecule has 0 unspecified atom stereocenters. The van der Waals surface area contributed by atoms with Crippen molar-refractivity contribution in [2.24, 2.45) is 0 Å². The van der Waals surface area contributed by atoms with Crippen LogP contribution < -0.4 is 19.1 Å². The van der Waals surface area contributed by atoms with Gasteiger partial charge in [-0.1, -0.05) is 18.1 Å². The number of benzene rings is 3. The molecular formula is C44H49FN4O7. The second-order valence-corrected chi connectivity index (χ2v) is 16.2. The fourth-order valence-electron chi connectivity index (χ4n) is 8.02. The molecule has 4 aliphatic rings. The van der Waals surface area contributed by atoms with Crippen LogP contribution in [0.3, 0.4) is 0 Å². The number of piperazine rings is 1. The Labute approximate surface area is 327 Å². The van der Waals surface area contributed by atoms with E-state index in [9.17, 15) is 4.79 Å². The fourth-order valence-corrected chi connectivity index (χ4v) is 8.02. The van der Waals surface area contributed by atoms with Gasteiger partial charge in [-0.3, -0.25) is 0 Å². The Balaban J connectivity index is 1.30. The molecule has 0 radical (unpaired) electrons. The Bertz CT molecular complexity index is 2150. The number of anilines is 1. The number of methoxy groups -OCH3 is 1. The van der Waals surface area contributed by atoms with Crippen LogP contribution in [0.15, 0.2) is 42.5 Å². The SMILES string of the molecule is C#Cc1ccc(COc2c(-c3cc(OCOC)cc(F)c3C)c(C3CC3)cc3c(N4C[C@@H]5C[C@H]4CN5C(=O)OC(C)(C)C)nc(OC4CCOCC4)nc23)cc1. The van der Waals surface area contributed by atoms with Crippen LogP contribution in [0.4, 0.5) is 15.0 Å². The molecule has 0 spiro atoms. The highest BCUT2D eigenvalue weighted by molar-refractivity contribution is 6.01. The zero-order chi connectivity index (χ0) is 39.1. The minimum atomic E-state index is -0.592. The number of terminal acetylenes is 1. The average molecular weight is 765 g/mol. The Kier molecular flexibility index (Phi) is 10.4. The lowest BCUT2D eigenvalue weighted by atomic mass is 9.90. The first-order valence-corrected chi connectivity index (χ1v) is 19.5. The molecule has 2 bridgehead atoms. The summed E-state index contributed by atoms with van der Waals surface area (Å²) in [5.41, 5.74) is 4.56. The van der Waals surface area contributed by atoms with Gasteiger partial charge in [-0.2, -0.15) is 9.97 Å². The van der Waals surface area contributed by atoms with E-state index in [4.69, 9.17) is 44.8 Å². The van der Waals surface area contributed by atoms with Crippen molar-refractivity contribution >= 4 is 22.8 Å². The Morgan fingerprint density at radius 1 is 1.02 bits per heavy atom. The topological polar surface area (TPSA) is 105 Å². The molecule has 11 nitrogen and oxygen atoms in total. The van der Waals surface area contributed by atoms with E-state index >= 15 is 4.39 Å². The second-order valence-electron chi connectivity index (χ2n) is 16.2. The number of halogens is 1. The standard InChI is InChI=1S/C44H49FN4O7/c1-7-27-8-10-28(11-9-27)24-53-40-38(34-19-33(54-25-51-6)20-37(45)26(34)2)35(29-12-13-29)21-36-39(40)46-42(55-32-14-16-52-17-15-32)47-41(36)48-22-31-18-30(48)23-49(31)43(50)56-44(3,4)5/h1,8-11,19-21,29-32H,12-18,22-25H2,2-6H3/t30-,31-/m0/s1. The van der Waals surface area contributed by atoms with Crippen LogP contribution in [0, 0.1) is 25.1 Å². The lowest BCUT2D eigenvalue weighted by Crippen LogP contribution is -2.50. The summed E-state index contributed by atoms with van der Waals surface area (Å²) < 4.78 is 51.7. The van der Waals surface area contributed by atoms with Gasteiger partial charge in [0.2, 0.25) is 0 Å². The highest BCUT2D eigenvalue weighted by Crippen LogP contribution is 2.53. The smallest absolute Gasteiger partial charge is 0.410 e. The third kappa shape index (κ3) is 7.80. The zero-order valence-corrected chi connectivity index (χ0v) is 32.7. The molecule has 4 heterocycles. The average Bonchev–Trinajstić information content (AvgIpc) is 3.83. The Morgan fingerprint density at radius 3 is 2.45 bits per heavy atom. The number of fused-ring (bicyclic) bond motifs is 3. The van der Waals surface area contributed by atoms with Crippen molar-refractivity contribution in [1.82, 2.24) is 14.9 Å². The molecule has 1 aromatic heterocycles. The maximum absolute atomic E-state index is 15.9. The number of hydrogen-bond donors (Lipinski definition) is 0. The van der Waals surface area contributed by atoms with Crippen LogP contribution >= 0.6 is 0 Å². The highest BCUT2D eigenvalue weighted by atomic mass is 19.1. The van der Waals surface area contributed by atoms with Gasteiger partial charge in [0.25, 0.3) is 0 Å². The van der Waals surface area contributed by atoms with Crippen LogP contribution in [0.25, 0.3) is 22.0 Å². The van der Waals surface area contributed by atoms with E-state index in [0.717, 1.165) is 52.7 Å². The Hall–Kier alpha value is -5.12. The van der Waals surface area contributed by atoms with E-state index in [1.807, 2.05) is 56.0 Å². The van der Waals surface area contributed by atoms with Gasteiger partial charge in [0.15, 0.2) is 12.5 Å². The predicted octanol–water partition coefficient (Wildman–Crippen LogP) is 7.92. The van der Waals surface area contributed by atoms with E-state index < -0.39 is 11.4 Å². The minimum absolute atomic E-state index is 0.00981. The van der Waals surface area contributed by atoms with Crippen molar-refractivity contribution < 1.29 is 37.6 Å². The lowest BCUT2D eigenvalue weighted by Gasteiger charge is -2.36. The third-order valence-corrected chi connectivity index (χ3v) is 11.0. The molecule has 8 rings (SSSR count). The number of rotatable bonds is 11. The number of likely N-dealkylation sites (tertiary alicyclic amines) is 1. The number of aromatic nitrogens is 2. The van der Waals surface area contributed by atoms with Crippen molar-refractivity contribution in [3.63, 3.8) is 0 Å². The predicted molar refractivity (Wildman–Crippen MR) is 210 cm³/mol. The van der Waals surface area contributed by atoms with E-state index in [0.29, 0.717) is 67.3 Å². The molecule has 56 heavy (non-hydrogen) atoms. The van der Waals surface area contributed by atoms with Crippen molar-refractivity contribution in [3.8, 4) is 41.0 Å². The number of carbonyl (C=O) groups is 1. The summed E-state index contributed by atoms with van der Waals surface area (Å²) in [5, 5.41) is 0.814. The fraction of sp³-hybridized carbons (Fsp3) is 0.477. The maximum atomic E-state index is 15.9. The molecule has 12 heteroatoms. The lowest BCUT2D eigenvalue weighted by molar-refractivity contribution is 0.0206. The molecule has 3 aromatic carbocycles. The summed E-state index contributed by atoms with van der Waals surface area (Å²) in [6.45, 7) is 9.88. The largest absolute Gasteiger partial charge is 0.486 e. The van der Waals surface area contributed by atoms with E-state index in [1.165, 1.54) is 13.2 Å².